The molecule has 0 aliphatic heterocycles. The number of rotatable bonds is 3. The van der Waals surface area contributed by atoms with E-state index in [9.17, 15) is 0 Å². The zero-order valence-electron chi connectivity index (χ0n) is 6.46. The summed E-state index contributed by atoms with van der Waals surface area (Å²) in [6.45, 7) is 1.29. The fourth-order valence-corrected chi connectivity index (χ4v) is 0.387. The lowest BCUT2D eigenvalue weighted by molar-refractivity contribution is 0.263. The third-order valence-corrected chi connectivity index (χ3v) is 0.763. The van der Waals surface area contributed by atoms with E-state index in [2.05, 4.69) is 4.90 Å². The molecule has 0 aromatic heterocycles. The first-order valence-electron chi connectivity index (χ1n) is 2.97. The van der Waals surface area contributed by atoms with Crippen LogP contribution >= 0.6 is 0 Å². The Labute approximate surface area is 56.9 Å². The molecule has 0 saturated carbocycles. The first-order chi connectivity index (χ1) is 4.27. The average molecular weight is 135 g/mol. The molecule has 0 rings (SSSR count). The Balaban J connectivity index is 0. The average Bonchev–Trinajstić information content (AvgIpc) is 1.88. The summed E-state index contributed by atoms with van der Waals surface area (Å²) in [5.41, 5.74) is 0. The molecule has 0 fully saturated rings. The van der Waals surface area contributed by atoms with E-state index in [0.717, 1.165) is 20.1 Å². The number of nitrogens with zero attached hydrogens (tertiary/aromatic N) is 1. The van der Waals surface area contributed by atoms with Crippen LogP contribution in [0.15, 0.2) is 0 Å². The Morgan fingerprint density at radius 3 is 1.78 bits per heavy atom. The summed E-state index contributed by atoms with van der Waals surface area (Å²) in [7, 11) is 4.99. The molecular formula is C6H17NO2. The molecule has 58 valence electrons. The molecule has 9 heavy (non-hydrogen) atoms. The van der Waals surface area contributed by atoms with Crippen LogP contribution in [0.25, 0.3) is 0 Å². The van der Waals surface area contributed by atoms with Crippen LogP contribution in [0.1, 0.15) is 6.42 Å². The van der Waals surface area contributed by atoms with Gasteiger partial charge in [0.05, 0.1) is 0 Å². The van der Waals surface area contributed by atoms with Crippen LogP contribution in [0.2, 0.25) is 0 Å². The molecule has 0 radical (unpaired) electrons. The van der Waals surface area contributed by atoms with Gasteiger partial charge in [-0.05, 0) is 27.1 Å². The molecule has 0 spiro atoms. The molecule has 0 bridgehead atoms. The summed E-state index contributed by atoms with van der Waals surface area (Å²) in [5, 5.41) is 15.3. The summed E-state index contributed by atoms with van der Waals surface area (Å²) in [6.07, 6.45) is 0.882. The highest BCUT2D eigenvalue weighted by Gasteiger charge is 1.84. The monoisotopic (exact) mass is 135 g/mol. The molecule has 0 unspecified atom stereocenters. The van der Waals surface area contributed by atoms with Gasteiger partial charge >= 0.3 is 0 Å². The molecular weight excluding hydrogens is 118 g/mol. The summed E-state index contributed by atoms with van der Waals surface area (Å²) >= 11 is 0. The predicted molar refractivity (Wildman–Crippen MR) is 38.4 cm³/mol. The second-order valence-electron chi connectivity index (χ2n) is 1.88. The van der Waals surface area contributed by atoms with Gasteiger partial charge < -0.3 is 15.1 Å². The van der Waals surface area contributed by atoms with E-state index in [1.807, 2.05) is 14.1 Å². The maximum Gasteiger partial charge on any atom is 0.0443 e. The van der Waals surface area contributed by atoms with Crippen LogP contribution in [-0.4, -0.2) is 49.5 Å². The van der Waals surface area contributed by atoms with Gasteiger partial charge in [0.1, 0.15) is 0 Å². The number of hydrogen-bond acceptors (Lipinski definition) is 3. The highest BCUT2D eigenvalue weighted by atomic mass is 16.3. The molecule has 0 heterocycles. The van der Waals surface area contributed by atoms with E-state index in [0.29, 0.717) is 6.61 Å². The number of aliphatic hydroxyl groups excluding tert-OH is 2. The van der Waals surface area contributed by atoms with E-state index in [4.69, 9.17) is 10.2 Å². The minimum atomic E-state index is 0.304. The molecule has 0 aromatic rings. The van der Waals surface area contributed by atoms with Crippen LogP contribution in [-0.2, 0) is 0 Å². The molecule has 0 amide bonds. The van der Waals surface area contributed by atoms with Crippen LogP contribution in [0.5, 0.6) is 0 Å². The van der Waals surface area contributed by atoms with Gasteiger partial charge in [0.15, 0.2) is 0 Å². The highest BCUT2D eigenvalue weighted by molar-refractivity contribution is 4.39. The SMILES string of the molecule is CN(C)CCCO.CO. The summed E-state index contributed by atoms with van der Waals surface area (Å²) in [4.78, 5) is 2.05. The molecule has 3 nitrogen and oxygen atoms in total. The van der Waals surface area contributed by atoms with Crippen molar-refractivity contribution in [2.45, 2.75) is 6.42 Å². The van der Waals surface area contributed by atoms with Gasteiger partial charge in [-0.1, -0.05) is 0 Å². The van der Waals surface area contributed by atoms with Crippen molar-refractivity contribution in [3.05, 3.63) is 0 Å². The number of aliphatic hydroxyl groups is 2. The van der Waals surface area contributed by atoms with E-state index in [1.165, 1.54) is 0 Å². The van der Waals surface area contributed by atoms with E-state index in [-0.39, 0.29) is 0 Å². The largest absolute Gasteiger partial charge is 0.400 e. The van der Waals surface area contributed by atoms with Gasteiger partial charge in [-0.15, -0.1) is 0 Å². The molecule has 2 N–H and O–H groups in total. The van der Waals surface area contributed by atoms with Crippen molar-refractivity contribution in [3.8, 4) is 0 Å². The van der Waals surface area contributed by atoms with Gasteiger partial charge in [0, 0.05) is 13.7 Å². The predicted octanol–water partition coefficient (Wildman–Crippen LogP) is -0.461. The zero-order valence-corrected chi connectivity index (χ0v) is 6.46. The minimum absolute atomic E-state index is 0.304. The third kappa shape index (κ3) is 18.1. The van der Waals surface area contributed by atoms with Crippen LogP contribution in [0, 0.1) is 0 Å². The Kier molecular flexibility index (Phi) is 14.0. The van der Waals surface area contributed by atoms with E-state index >= 15 is 0 Å². The smallest absolute Gasteiger partial charge is 0.0443 e. The molecule has 0 atom stereocenters. The van der Waals surface area contributed by atoms with Crippen molar-refractivity contribution in [2.75, 3.05) is 34.4 Å². The van der Waals surface area contributed by atoms with Crippen molar-refractivity contribution in [2.24, 2.45) is 0 Å². The quantitative estimate of drug-likeness (QED) is 0.550. The number of hydrogen-bond donors (Lipinski definition) is 2. The second-order valence-corrected chi connectivity index (χ2v) is 1.88. The lowest BCUT2D eigenvalue weighted by Crippen LogP contribution is -2.13. The van der Waals surface area contributed by atoms with Crippen LogP contribution in [0.4, 0.5) is 0 Å². The molecule has 0 saturated heterocycles. The Morgan fingerprint density at radius 2 is 1.67 bits per heavy atom. The molecule has 3 heteroatoms. The lowest BCUT2D eigenvalue weighted by atomic mass is 10.4. The van der Waals surface area contributed by atoms with E-state index in [1.54, 1.807) is 0 Å². The van der Waals surface area contributed by atoms with Gasteiger partial charge in [-0.2, -0.15) is 0 Å². The standard InChI is InChI=1S/C5H13NO.CH4O/c1-6(2)4-3-5-7;1-2/h7H,3-5H2,1-2H3;2H,1H3. The highest BCUT2D eigenvalue weighted by Crippen LogP contribution is 1.77. The summed E-state index contributed by atoms with van der Waals surface area (Å²) < 4.78 is 0. The van der Waals surface area contributed by atoms with Crippen molar-refractivity contribution < 1.29 is 10.2 Å². The van der Waals surface area contributed by atoms with Crippen molar-refractivity contribution in [3.63, 3.8) is 0 Å². The van der Waals surface area contributed by atoms with Crippen molar-refractivity contribution in [1.29, 1.82) is 0 Å². The second kappa shape index (κ2) is 10.8. The maximum absolute atomic E-state index is 8.29. The van der Waals surface area contributed by atoms with Gasteiger partial charge in [0.25, 0.3) is 0 Å². The minimum Gasteiger partial charge on any atom is -0.400 e. The van der Waals surface area contributed by atoms with E-state index < -0.39 is 0 Å². The Bertz CT molecular complexity index is 40.0. The van der Waals surface area contributed by atoms with Gasteiger partial charge in [-0.3, -0.25) is 0 Å². The Morgan fingerprint density at radius 1 is 1.22 bits per heavy atom. The summed E-state index contributed by atoms with van der Waals surface area (Å²) in [5.74, 6) is 0. The van der Waals surface area contributed by atoms with Crippen LogP contribution < -0.4 is 0 Å². The lowest BCUT2D eigenvalue weighted by Gasteiger charge is -2.05. The van der Waals surface area contributed by atoms with Gasteiger partial charge in [-0.25, -0.2) is 0 Å². The fourth-order valence-electron chi connectivity index (χ4n) is 0.387. The summed E-state index contributed by atoms with van der Waals surface area (Å²) in [6, 6.07) is 0. The fraction of sp³-hybridized carbons (Fsp3) is 1.00. The maximum atomic E-state index is 8.29. The Hall–Kier alpha value is -0.120. The first kappa shape index (κ1) is 11.6. The molecule has 0 aromatic carbocycles. The van der Waals surface area contributed by atoms with Crippen LogP contribution in [0.3, 0.4) is 0 Å². The third-order valence-electron chi connectivity index (χ3n) is 0.763. The molecule has 0 aliphatic carbocycles. The van der Waals surface area contributed by atoms with Crippen molar-refractivity contribution in [1.82, 2.24) is 4.90 Å². The molecule has 0 aliphatic rings. The first-order valence-corrected chi connectivity index (χ1v) is 2.97. The van der Waals surface area contributed by atoms with Crippen molar-refractivity contribution >= 4 is 0 Å². The van der Waals surface area contributed by atoms with Gasteiger partial charge in [0.2, 0.25) is 0 Å². The normalized spacial score (nSPS) is 8.67. The topological polar surface area (TPSA) is 43.7 Å². The zero-order chi connectivity index (χ0) is 7.70.